The Kier molecular flexibility index (Phi) is 6.65. The highest BCUT2D eigenvalue weighted by molar-refractivity contribution is 6.31. The van der Waals surface area contributed by atoms with Crippen LogP contribution in [0.2, 0.25) is 5.02 Å². The lowest BCUT2D eigenvalue weighted by molar-refractivity contribution is -0.131. The van der Waals surface area contributed by atoms with Gasteiger partial charge in [0.15, 0.2) is 0 Å². The van der Waals surface area contributed by atoms with Crippen molar-refractivity contribution >= 4 is 29.4 Å². The van der Waals surface area contributed by atoms with Crippen molar-refractivity contribution in [3.05, 3.63) is 34.9 Å². The minimum atomic E-state index is -0.844. The van der Waals surface area contributed by atoms with E-state index < -0.39 is 18.0 Å². The van der Waals surface area contributed by atoms with Gasteiger partial charge in [0.1, 0.15) is 6.04 Å². The quantitative estimate of drug-likeness (QED) is 0.661. The summed E-state index contributed by atoms with van der Waals surface area (Å²) in [6, 6.07) is 5.68. The van der Waals surface area contributed by atoms with Gasteiger partial charge >= 0.3 is 6.03 Å². The van der Waals surface area contributed by atoms with E-state index in [2.05, 4.69) is 15.5 Å². The molecule has 4 amide bonds. The monoisotopic (exact) mass is 394 g/mol. The SMILES string of the molecule is O=C(C[C@@H]1NC(=O)N(Cc2ccccc2Cl)C1=O)NCCN1CCOCC1. The van der Waals surface area contributed by atoms with Gasteiger partial charge in [0, 0.05) is 31.2 Å². The molecule has 2 aliphatic rings. The Hall–Kier alpha value is -2.16. The number of nitrogens with zero attached hydrogens (tertiary/aromatic N) is 2. The zero-order chi connectivity index (χ0) is 19.2. The van der Waals surface area contributed by atoms with E-state index in [-0.39, 0.29) is 18.9 Å². The molecular weight excluding hydrogens is 372 g/mol. The number of benzene rings is 1. The van der Waals surface area contributed by atoms with Crippen LogP contribution in [0.5, 0.6) is 0 Å². The topological polar surface area (TPSA) is 91.0 Å². The van der Waals surface area contributed by atoms with Crippen LogP contribution in [-0.4, -0.2) is 73.1 Å². The van der Waals surface area contributed by atoms with Crippen LogP contribution in [0, 0.1) is 0 Å². The Bertz CT molecular complexity index is 708. The summed E-state index contributed by atoms with van der Waals surface area (Å²) in [4.78, 5) is 40.0. The minimum Gasteiger partial charge on any atom is -0.379 e. The lowest BCUT2D eigenvalue weighted by atomic mass is 10.1. The van der Waals surface area contributed by atoms with Crippen LogP contribution in [0.25, 0.3) is 0 Å². The van der Waals surface area contributed by atoms with E-state index in [0.29, 0.717) is 30.3 Å². The first-order chi connectivity index (χ1) is 13.0. The molecule has 0 aliphatic carbocycles. The molecule has 2 fully saturated rings. The summed E-state index contributed by atoms with van der Waals surface area (Å²) in [5.74, 6) is -0.676. The lowest BCUT2D eigenvalue weighted by Crippen LogP contribution is -2.42. The van der Waals surface area contributed by atoms with E-state index in [4.69, 9.17) is 16.3 Å². The zero-order valence-corrected chi connectivity index (χ0v) is 15.7. The van der Waals surface area contributed by atoms with Crippen molar-refractivity contribution in [3.63, 3.8) is 0 Å². The van der Waals surface area contributed by atoms with E-state index in [1.165, 1.54) is 0 Å². The molecule has 2 N–H and O–H groups in total. The summed E-state index contributed by atoms with van der Waals surface area (Å²) in [5, 5.41) is 5.86. The van der Waals surface area contributed by atoms with Crippen molar-refractivity contribution in [1.29, 1.82) is 0 Å². The summed E-state index contributed by atoms with van der Waals surface area (Å²) in [7, 11) is 0. The molecule has 3 rings (SSSR count). The van der Waals surface area contributed by atoms with Gasteiger partial charge in [-0.25, -0.2) is 4.79 Å². The summed E-state index contributed by atoms with van der Waals surface area (Å²) < 4.78 is 5.28. The van der Waals surface area contributed by atoms with Gasteiger partial charge in [-0.2, -0.15) is 0 Å². The second-order valence-electron chi connectivity index (χ2n) is 6.53. The Morgan fingerprint density at radius 3 is 2.74 bits per heavy atom. The predicted molar refractivity (Wildman–Crippen MR) is 99.2 cm³/mol. The third kappa shape index (κ3) is 5.18. The van der Waals surface area contributed by atoms with Crippen LogP contribution in [0.3, 0.4) is 0 Å². The standard InChI is InChI=1S/C18H23ClN4O4/c19-14-4-2-1-3-13(14)12-23-17(25)15(21-18(23)26)11-16(24)20-5-6-22-7-9-27-10-8-22/h1-4,15H,5-12H2,(H,20,24)(H,21,26)/t15-/m0/s1. The molecule has 1 atom stereocenters. The number of halogens is 1. The van der Waals surface area contributed by atoms with E-state index in [9.17, 15) is 14.4 Å². The van der Waals surface area contributed by atoms with Gasteiger partial charge in [-0.1, -0.05) is 29.8 Å². The number of rotatable bonds is 7. The maximum atomic E-state index is 12.5. The minimum absolute atomic E-state index is 0.0767. The maximum absolute atomic E-state index is 12.5. The van der Waals surface area contributed by atoms with Gasteiger partial charge in [-0.3, -0.25) is 19.4 Å². The lowest BCUT2D eigenvalue weighted by Gasteiger charge is -2.26. The van der Waals surface area contributed by atoms with Crippen LogP contribution < -0.4 is 10.6 Å². The molecule has 0 unspecified atom stereocenters. The number of urea groups is 1. The van der Waals surface area contributed by atoms with Gasteiger partial charge < -0.3 is 15.4 Å². The van der Waals surface area contributed by atoms with E-state index in [1.807, 2.05) is 0 Å². The largest absolute Gasteiger partial charge is 0.379 e. The number of hydrogen-bond donors (Lipinski definition) is 2. The number of carbonyl (C=O) groups is 3. The summed E-state index contributed by atoms with van der Waals surface area (Å²) >= 11 is 6.09. The zero-order valence-electron chi connectivity index (χ0n) is 14.9. The molecule has 1 aromatic carbocycles. The fourth-order valence-corrected chi connectivity index (χ4v) is 3.29. The Labute approximate surface area is 162 Å². The molecular formula is C18H23ClN4O4. The van der Waals surface area contributed by atoms with Gasteiger partial charge in [0.05, 0.1) is 26.2 Å². The number of amides is 4. The average molecular weight is 395 g/mol. The fraction of sp³-hybridized carbons (Fsp3) is 0.500. The van der Waals surface area contributed by atoms with Crippen LogP contribution >= 0.6 is 11.6 Å². The smallest absolute Gasteiger partial charge is 0.325 e. The number of ether oxygens (including phenoxy) is 1. The highest BCUT2D eigenvalue weighted by atomic mass is 35.5. The van der Waals surface area contributed by atoms with Crippen molar-refractivity contribution in [2.45, 2.75) is 19.0 Å². The molecule has 27 heavy (non-hydrogen) atoms. The van der Waals surface area contributed by atoms with Crippen molar-refractivity contribution in [2.24, 2.45) is 0 Å². The molecule has 9 heteroatoms. The van der Waals surface area contributed by atoms with Crippen LogP contribution in [0.15, 0.2) is 24.3 Å². The number of imide groups is 1. The Morgan fingerprint density at radius 1 is 1.26 bits per heavy atom. The number of morpholine rings is 1. The Morgan fingerprint density at radius 2 is 2.00 bits per heavy atom. The van der Waals surface area contributed by atoms with E-state index >= 15 is 0 Å². The number of hydrogen-bond acceptors (Lipinski definition) is 5. The Balaban J connectivity index is 1.46. The summed E-state index contributed by atoms with van der Waals surface area (Å²) in [5.41, 5.74) is 0.679. The van der Waals surface area contributed by atoms with Crippen molar-refractivity contribution < 1.29 is 19.1 Å². The second kappa shape index (κ2) is 9.16. The first kappa shape index (κ1) is 19.6. The van der Waals surface area contributed by atoms with Gasteiger partial charge in [-0.15, -0.1) is 0 Å². The number of carbonyl (C=O) groups excluding carboxylic acids is 3. The molecule has 0 saturated carbocycles. The van der Waals surface area contributed by atoms with Gasteiger partial charge in [0.2, 0.25) is 5.91 Å². The molecule has 2 heterocycles. The van der Waals surface area contributed by atoms with Crippen LogP contribution in [0.4, 0.5) is 4.79 Å². The fourth-order valence-electron chi connectivity index (χ4n) is 3.10. The summed E-state index contributed by atoms with van der Waals surface area (Å²) in [6.07, 6.45) is -0.0767. The third-order valence-corrected chi connectivity index (χ3v) is 5.01. The first-order valence-corrected chi connectivity index (χ1v) is 9.34. The van der Waals surface area contributed by atoms with Gasteiger partial charge in [0.25, 0.3) is 5.91 Å². The van der Waals surface area contributed by atoms with E-state index in [0.717, 1.165) is 24.5 Å². The first-order valence-electron chi connectivity index (χ1n) is 8.96. The molecule has 0 radical (unpaired) electrons. The molecule has 2 aliphatic heterocycles. The molecule has 146 valence electrons. The van der Waals surface area contributed by atoms with Crippen molar-refractivity contribution in [1.82, 2.24) is 20.4 Å². The molecule has 0 aromatic heterocycles. The molecule has 2 saturated heterocycles. The molecule has 0 spiro atoms. The third-order valence-electron chi connectivity index (χ3n) is 4.64. The number of nitrogens with one attached hydrogen (secondary N) is 2. The molecule has 0 bridgehead atoms. The van der Waals surface area contributed by atoms with E-state index in [1.54, 1.807) is 24.3 Å². The van der Waals surface area contributed by atoms with Crippen LogP contribution in [-0.2, 0) is 20.9 Å². The second-order valence-corrected chi connectivity index (χ2v) is 6.93. The molecule has 1 aromatic rings. The van der Waals surface area contributed by atoms with Crippen molar-refractivity contribution in [3.8, 4) is 0 Å². The van der Waals surface area contributed by atoms with Crippen molar-refractivity contribution in [2.75, 3.05) is 39.4 Å². The average Bonchev–Trinajstić information content (AvgIpc) is 2.91. The predicted octanol–water partition coefficient (Wildman–Crippen LogP) is 0.599. The van der Waals surface area contributed by atoms with Gasteiger partial charge in [-0.05, 0) is 11.6 Å². The molecule has 8 nitrogen and oxygen atoms in total. The summed E-state index contributed by atoms with van der Waals surface area (Å²) in [6.45, 7) is 4.43. The maximum Gasteiger partial charge on any atom is 0.325 e. The highest BCUT2D eigenvalue weighted by Crippen LogP contribution is 2.20. The van der Waals surface area contributed by atoms with Crippen LogP contribution in [0.1, 0.15) is 12.0 Å². The highest BCUT2D eigenvalue weighted by Gasteiger charge is 2.39. The normalized spacial score (nSPS) is 20.6.